The molecule has 0 aliphatic rings. The zero-order chi connectivity index (χ0) is 13.5. The third-order valence-electron chi connectivity index (χ3n) is 2.88. The van der Waals surface area contributed by atoms with Crippen LogP contribution in [0.5, 0.6) is 5.75 Å². The lowest BCUT2D eigenvalue weighted by molar-refractivity contribution is -0.385. The van der Waals surface area contributed by atoms with Gasteiger partial charge in [-0.05, 0) is 25.0 Å². The van der Waals surface area contributed by atoms with Gasteiger partial charge in [0.05, 0.1) is 12.0 Å². The van der Waals surface area contributed by atoms with Crippen LogP contribution in [-0.2, 0) is 0 Å². The quantitative estimate of drug-likeness (QED) is 0.595. The van der Waals surface area contributed by atoms with Gasteiger partial charge in [-0.15, -0.1) is 0 Å². The standard InChI is InChI=1S/C13H20N2O3/c1-4-6-10(5-2)14-11-7-8-13(18-3)12(9-11)15(16)17/h7-10,14H,4-6H2,1-3H3. The fraction of sp³-hybridized carbons (Fsp3) is 0.538. The van der Waals surface area contributed by atoms with Crippen LogP contribution in [0.25, 0.3) is 0 Å². The van der Waals surface area contributed by atoms with Gasteiger partial charge >= 0.3 is 5.69 Å². The lowest BCUT2D eigenvalue weighted by atomic mass is 10.1. The van der Waals surface area contributed by atoms with Gasteiger partial charge in [-0.2, -0.15) is 0 Å². The Morgan fingerprint density at radius 3 is 2.67 bits per heavy atom. The van der Waals surface area contributed by atoms with Gasteiger partial charge in [-0.1, -0.05) is 20.3 Å². The Morgan fingerprint density at radius 2 is 2.17 bits per heavy atom. The first-order valence-electron chi connectivity index (χ1n) is 6.21. The van der Waals surface area contributed by atoms with E-state index in [2.05, 4.69) is 19.2 Å². The van der Waals surface area contributed by atoms with Crippen molar-refractivity contribution in [1.82, 2.24) is 0 Å². The number of anilines is 1. The zero-order valence-corrected chi connectivity index (χ0v) is 11.1. The van der Waals surface area contributed by atoms with Crippen LogP contribution in [0.2, 0.25) is 0 Å². The van der Waals surface area contributed by atoms with E-state index in [0.717, 1.165) is 24.9 Å². The van der Waals surface area contributed by atoms with Crippen molar-refractivity contribution in [2.45, 2.75) is 39.2 Å². The van der Waals surface area contributed by atoms with Crippen LogP contribution in [0.15, 0.2) is 18.2 Å². The number of rotatable bonds is 7. The SMILES string of the molecule is CCCC(CC)Nc1ccc(OC)c([N+](=O)[O-])c1. The molecule has 0 aromatic heterocycles. The lowest BCUT2D eigenvalue weighted by Gasteiger charge is -2.17. The smallest absolute Gasteiger partial charge is 0.312 e. The highest BCUT2D eigenvalue weighted by Crippen LogP contribution is 2.30. The molecule has 0 aliphatic carbocycles. The molecule has 1 aromatic carbocycles. The number of nitrogens with zero attached hydrogens (tertiary/aromatic N) is 1. The van der Waals surface area contributed by atoms with Gasteiger partial charge in [0.25, 0.3) is 0 Å². The van der Waals surface area contributed by atoms with E-state index in [9.17, 15) is 10.1 Å². The van der Waals surface area contributed by atoms with E-state index in [1.807, 2.05) is 6.07 Å². The molecule has 0 radical (unpaired) electrons. The van der Waals surface area contributed by atoms with E-state index >= 15 is 0 Å². The summed E-state index contributed by atoms with van der Waals surface area (Å²) in [6.45, 7) is 4.23. The van der Waals surface area contributed by atoms with Gasteiger partial charge in [0, 0.05) is 17.8 Å². The molecular formula is C13H20N2O3. The molecule has 0 saturated carbocycles. The minimum absolute atomic E-state index is 0.00569. The van der Waals surface area contributed by atoms with Gasteiger partial charge in [-0.3, -0.25) is 10.1 Å². The molecule has 0 bridgehead atoms. The number of nitro benzene ring substituents is 1. The third-order valence-corrected chi connectivity index (χ3v) is 2.88. The minimum atomic E-state index is -0.426. The van der Waals surface area contributed by atoms with Crippen LogP contribution >= 0.6 is 0 Å². The summed E-state index contributed by atoms with van der Waals surface area (Å²) in [5.74, 6) is 0.286. The van der Waals surface area contributed by atoms with E-state index in [-0.39, 0.29) is 11.4 Å². The molecule has 5 nitrogen and oxygen atoms in total. The predicted octanol–water partition coefficient (Wildman–Crippen LogP) is 3.59. The Morgan fingerprint density at radius 1 is 1.44 bits per heavy atom. The summed E-state index contributed by atoms with van der Waals surface area (Å²) in [6.07, 6.45) is 3.13. The normalized spacial score (nSPS) is 11.9. The molecule has 18 heavy (non-hydrogen) atoms. The Hall–Kier alpha value is -1.78. The van der Waals surface area contributed by atoms with Crippen LogP contribution in [0.1, 0.15) is 33.1 Å². The number of nitrogens with one attached hydrogen (secondary N) is 1. The first-order valence-corrected chi connectivity index (χ1v) is 6.21. The maximum absolute atomic E-state index is 10.9. The van der Waals surface area contributed by atoms with Crippen molar-refractivity contribution in [3.8, 4) is 5.75 Å². The molecule has 0 saturated heterocycles. The Kier molecular flexibility index (Phi) is 5.42. The van der Waals surface area contributed by atoms with Crippen LogP contribution < -0.4 is 10.1 Å². The van der Waals surface area contributed by atoms with Crippen LogP contribution in [0, 0.1) is 10.1 Å². The molecule has 1 unspecified atom stereocenters. The van der Waals surface area contributed by atoms with Crippen molar-refractivity contribution in [2.24, 2.45) is 0 Å². The van der Waals surface area contributed by atoms with Crippen LogP contribution in [0.3, 0.4) is 0 Å². The first kappa shape index (κ1) is 14.3. The number of ether oxygens (including phenoxy) is 1. The molecule has 100 valence electrons. The number of nitro groups is 1. The molecule has 0 heterocycles. The summed E-state index contributed by atoms with van der Waals surface area (Å²) in [4.78, 5) is 10.5. The van der Waals surface area contributed by atoms with E-state index in [0.29, 0.717) is 6.04 Å². The molecule has 0 fully saturated rings. The second-order valence-corrected chi connectivity index (χ2v) is 4.18. The molecule has 0 spiro atoms. The monoisotopic (exact) mass is 252 g/mol. The molecule has 1 N–H and O–H groups in total. The first-order chi connectivity index (χ1) is 8.62. The molecule has 1 atom stereocenters. The Bertz CT molecular complexity index is 407. The molecule has 5 heteroatoms. The largest absolute Gasteiger partial charge is 0.490 e. The second kappa shape index (κ2) is 6.83. The fourth-order valence-electron chi connectivity index (χ4n) is 1.88. The highest BCUT2D eigenvalue weighted by Gasteiger charge is 2.16. The van der Waals surface area contributed by atoms with Crippen molar-refractivity contribution in [2.75, 3.05) is 12.4 Å². The van der Waals surface area contributed by atoms with E-state index < -0.39 is 4.92 Å². The lowest BCUT2D eigenvalue weighted by Crippen LogP contribution is -2.17. The maximum Gasteiger partial charge on any atom is 0.312 e. The van der Waals surface area contributed by atoms with Crippen molar-refractivity contribution in [1.29, 1.82) is 0 Å². The third kappa shape index (κ3) is 3.61. The second-order valence-electron chi connectivity index (χ2n) is 4.18. The average Bonchev–Trinajstić information content (AvgIpc) is 2.38. The highest BCUT2D eigenvalue weighted by atomic mass is 16.6. The van der Waals surface area contributed by atoms with Crippen molar-refractivity contribution < 1.29 is 9.66 Å². The molecule has 1 aromatic rings. The summed E-state index contributed by atoms with van der Waals surface area (Å²) < 4.78 is 4.97. The summed E-state index contributed by atoms with van der Waals surface area (Å²) in [5, 5.41) is 14.2. The summed E-state index contributed by atoms with van der Waals surface area (Å²) in [5.41, 5.74) is 0.761. The average molecular weight is 252 g/mol. The van der Waals surface area contributed by atoms with Gasteiger partial charge in [0.15, 0.2) is 5.75 Å². The molecule has 1 rings (SSSR count). The van der Waals surface area contributed by atoms with Crippen LogP contribution in [0.4, 0.5) is 11.4 Å². The number of methoxy groups -OCH3 is 1. The van der Waals surface area contributed by atoms with Crippen molar-refractivity contribution >= 4 is 11.4 Å². The van der Waals surface area contributed by atoms with E-state index in [1.54, 1.807) is 6.07 Å². The van der Waals surface area contributed by atoms with Crippen LogP contribution in [-0.4, -0.2) is 18.1 Å². The van der Waals surface area contributed by atoms with Gasteiger partial charge in [0.1, 0.15) is 0 Å². The van der Waals surface area contributed by atoms with Gasteiger partial charge in [0.2, 0.25) is 0 Å². The zero-order valence-electron chi connectivity index (χ0n) is 11.1. The Balaban J connectivity index is 2.90. The molecule has 0 aliphatic heterocycles. The summed E-state index contributed by atoms with van der Waals surface area (Å²) in [7, 11) is 1.43. The van der Waals surface area contributed by atoms with E-state index in [1.165, 1.54) is 13.2 Å². The maximum atomic E-state index is 10.9. The number of benzene rings is 1. The highest BCUT2D eigenvalue weighted by molar-refractivity contribution is 5.58. The predicted molar refractivity (Wildman–Crippen MR) is 72.3 cm³/mol. The topological polar surface area (TPSA) is 64.4 Å². The number of hydrogen-bond donors (Lipinski definition) is 1. The Labute approximate surface area is 107 Å². The minimum Gasteiger partial charge on any atom is -0.490 e. The fourth-order valence-corrected chi connectivity index (χ4v) is 1.88. The van der Waals surface area contributed by atoms with E-state index in [4.69, 9.17) is 4.74 Å². The van der Waals surface area contributed by atoms with Gasteiger partial charge < -0.3 is 10.1 Å². The molecular weight excluding hydrogens is 232 g/mol. The van der Waals surface area contributed by atoms with Gasteiger partial charge in [-0.25, -0.2) is 0 Å². The van der Waals surface area contributed by atoms with Crippen molar-refractivity contribution in [3.05, 3.63) is 28.3 Å². The van der Waals surface area contributed by atoms with Crippen molar-refractivity contribution in [3.63, 3.8) is 0 Å². The number of hydrogen-bond acceptors (Lipinski definition) is 4. The summed E-state index contributed by atoms with van der Waals surface area (Å²) in [6, 6.07) is 5.31. The summed E-state index contributed by atoms with van der Waals surface area (Å²) >= 11 is 0. The molecule has 0 amide bonds.